The molecule has 1 aromatic rings. The van der Waals surface area contributed by atoms with Gasteiger partial charge >= 0.3 is 0 Å². The molecule has 1 aromatic carbocycles. The lowest BCUT2D eigenvalue weighted by Gasteiger charge is -2.08. The van der Waals surface area contributed by atoms with Crippen LogP contribution in [0, 0.1) is 11.6 Å². The Balaban J connectivity index is 2.42. The van der Waals surface area contributed by atoms with E-state index in [0.717, 1.165) is 12.1 Å². The quantitative estimate of drug-likeness (QED) is 0.738. The molecule has 0 aliphatic carbocycles. The second-order valence-electron chi connectivity index (χ2n) is 3.29. The summed E-state index contributed by atoms with van der Waals surface area (Å²) in [4.78, 5) is 11.2. The maximum absolute atomic E-state index is 13.2. The number of amides is 1. The Hall–Kier alpha value is -1.69. The van der Waals surface area contributed by atoms with Crippen LogP contribution in [0.25, 0.3) is 0 Å². The molecule has 4 nitrogen and oxygen atoms in total. The Morgan fingerprint density at radius 1 is 1.35 bits per heavy atom. The summed E-state index contributed by atoms with van der Waals surface area (Å²) in [5, 5.41) is 4.93. The van der Waals surface area contributed by atoms with Gasteiger partial charge in [0.15, 0.2) is 0 Å². The van der Waals surface area contributed by atoms with E-state index in [-0.39, 0.29) is 18.1 Å². The van der Waals surface area contributed by atoms with Crippen LogP contribution < -0.4 is 10.6 Å². The largest absolute Gasteiger partial charge is 0.383 e. The van der Waals surface area contributed by atoms with E-state index in [0.29, 0.717) is 13.2 Å². The van der Waals surface area contributed by atoms with Crippen molar-refractivity contribution in [3.05, 3.63) is 29.8 Å². The molecule has 94 valence electrons. The number of nitrogens with one attached hydrogen (secondary N) is 2. The van der Waals surface area contributed by atoms with Gasteiger partial charge in [-0.05, 0) is 12.1 Å². The van der Waals surface area contributed by atoms with Gasteiger partial charge in [0.2, 0.25) is 5.91 Å². The number of hydrogen-bond acceptors (Lipinski definition) is 3. The lowest BCUT2D eigenvalue weighted by atomic mass is 10.3. The van der Waals surface area contributed by atoms with Gasteiger partial charge in [0.05, 0.1) is 13.2 Å². The van der Waals surface area contributed by atoms with Crippen molar-refractivity contribution >= 4 is 11.6 Å². The standard InChI is InChI=1S/C11H14F2N2O2/c1-17-6-5-14-10(16)7-15-11-8(12)3-2-4-9(11)13/h2-4,15H,5-7H2,1H3,(H,14,16). The van der Waals surface area contributed by atoms with E-state index in [4.69, 9.17) is 4.74 Å². The van der Waals surface area contributed by atoms with E-state index in [9.17, 15) is 13.6 Å². The van der Waals surface area contributed by atoms with Crippen LogP contribution in [-0.2, 0) is 9.53 Å². The minimum Gasteiger partial charge on any atom is -0.383 e. The van der Waals surface area contributed by atoms with Gasteiger partial charge in [-0.3, -0.25) is 4.79 Å². The molecular weight excluding hydrogens is 230 g/mol. The molecule has 0 aliphatic heterocycles. The molecule has 17 heavy (non-hydrogen) atoms. The van der Waals surface area contributed by atoms with Gasteiger partial charge in [-0.25, -0.2) is 8.78 Å². The highest BCUT2D eigenvalue weighted by Crippen LogP contribution is 2.17. The summed E-state index contributed by atoms with van der Waals surface area (Å²) in [7, 11) is 1.51. The van der Waals surface area contributed by atoms with Crippen LogP contribution in [0.5, 0.6) is 0 Å². The summed E-state index contributed by atoms with van der Waals surface area (Å²) < 4.78 is 31.0. The van der Waals surface area contributed by atoms with E-state index in [1.54, 1.807) is 0 Å². The maximum Gasteiger partial charge on any atom is 0.239 e. The minimum absolute atomic E-state index is 0.193. The zero-order valence-electron chi connectivity index (χ0n) is 9.43. The van der Waals surface area contributed by atoms with Crippen LogP contribution >= 0.6 is 0 Å². The van der Waals surface area contributed by atoms with Gasteiger partial charge < -0.3 is 15.4 Å². The molecule has 0 fully saturated rings. The van der Waals surface area contributed by atoms with Gasteiger partial charge in [-0.2, -0.15) is 0 Å². The first-order valence-corrected chi connectivity index (χ1v) is 5.08. The molecule has 0 spiro atoms. The van der Waals surface area contributed by atoms with Crippen molar-refractivity contribution < 1.29 is 18.3 Å². The molecule has 0 heterocycles. The van der Waals surface area contributed by atoms with E-state index < -0.39 is 11.6 Å². The molecule has 0 saturated heterocycles. The Bertz CT molecular complexity index is 365. The van der Waals surface area contributed by atoms with Crippen molar-refractivity contribution in [1.29, 1.82) is 0 Å². The van der Waals surface area contributed by atoms with Crippen molar-refractivity contribution in [3.63, 3.8) is 0 Å². The highest BCUT2D eigenvalue weighted by atomic mass is 19.1. The molecule has 1 rings (SSSR count). The van der Waals surface area contributed by atoms with Crippen molar-refractivity contribution in [2.24, 2.45) is 0 Å². The third-order valence-corrected chi connectivity index (χ3v) is 2.02. The normalized spacial score (nSPS) is 10.1. The number of halogens is 2. The number of carbonyl (C=O) groups is 1. The van der Waals surface area contributed by atoms with Crippen molar-refractivity contribution in [3.8, 4) is 0 Å². The van der Waals surface area contributed by atoms with Crippen LogP contribution in [0.2, 0.25) is 0 Å². The number of rotatable bonds is 6. The maximum atomic E-state index is 13.2. The molecule has 0 saturated carbocycles. The number of benzene rings is 1. The summed E-state index contributed by atoms with van der Waals surface area (Å²) in [5.74, 6) is -1.81. The Kier molecular flexibility index (Phi) is 5.35. The Morgan fingerprint density at radius 3 is 2.59 bits per heavy atom. The van der Waals surface area contributed by atoms with Crippen LogP contribution in [0.4, 0.5) is 14.5 Å². The average Bonchev–Trinajstić information content (AvgIpc) is 2.29. The molecular formula is C11H14F2N2O2. The smallest absolute Gasteiger partial charge is 0.239 e. The molecule has 0 aromatic heterocycles. The Morgan fingerprint density at radius 2 is 2.00 bits per heavy atom. The summed E-state index contributed by atoms with van der Waals surface area (Å²) in [5.41, 5.74) is -0.297. The van der Waals surface area contributed by atoms with Crippen molar-refractivity contribution in [1.82, 2.24) is 5.32 Å². The van der Waals surface area contributed by atoms with Crippen molar-refractivity contribution in [2.75, 3.05) is 32.1 Å². The first kappa shape index (κ1) is 13.4. The van der Waals surface area contributed by atoms with E-state index in [1.165, 1.54) is 13.2 Å². The Labute approximate surface area is 98.0 Å². The lowest BCUT2D eigenvalue weighted by molar-refractivity contribution is -0.119. The van der Waals surface area contributed by atoms with Gasteiger partial charge in [-0.15, -0.1) is 0 Å². The fraction of sp³-hybridized carbons (Fsp3) is 0.364. The van der Waals surface area contributed by atoms with Gasteiger partial charge in [0.25, 0.3) is 0 Å². The third kappa shape index (κ3) is 4.36. The molecule has 6 heteroatoms. The summed E-state index contributed by atoms with van der Waals surface area (Å²) in [6, 6.07) is 3.50. The summed E-state index contributed by atoms with van der Waals surface area (Å²) in [6.45, 7) is 0.554. The van der Waals surface area contributed by atoms with Crippen LogP contribution in [0.3, 0.4) is 0 Å². The molecule has 0 atom stereocenters. The zero-order valence-corrected chi connectivity index (χ0v) is 9.43. The number of anilines is 1. The second-order valence-corrected chi connectivity index (χ2v) is 3.29. The topological polar surface area (TPSA) is 50.4 Å². The predicted molar refractivity (Wildman–Crippen MR) is 59.7 cm³/mol. The molecule has 0 unspecified atom stereocenters. The summed E-state index contributed by atoms with van der Waals surface area (Å²) >= 11 is 0. The first-order chi connectivity index (χ1) is 8.15. The average molecular weight is 244 g/mol. The van der Waals surface area contributed by atoms with Gasteiger partial charge in [-0.1, -0.05) is 6.07 Å². The number of hydrogen-bond donors (Lipinski definition) is 2. The SMILES string of the molecule is COCCNC(=O)CNc1c(F)cccc1F. The van der Waals surface area contributed by atoms with Crippen LogP contribution in [-0.4, -0.2) is 32.7 Å². The fourth-order valence-electron chi connectivity index (χ4n) is 1.19. The highest BCUT2D eigenvalue weighted by Gasteiger charge is 2.09. The number of carbonyl (C=O) groups excluding carboxylic acids is 1. The predicted octanol–water partition coefficient (Wildman–Crippen LogP) is 1.14. The molecule has 2 N–H and O–H groups in total. The summed E-state index contributed by atoms with van der Waals surface area (Å²) in [6.07, 6.45) is 0. The van der Waals surface area contributed by atoms with E-state index >= 15 is 0 Å². The highest BCUT2D eigenvalue weighted by molar-refractivity contribution is 5.80. The molecule has 1 amide bonds. The third-order valence-electron chi connectivity index (χ3n) is 2.02. The number of ether oxygens (including phenoxy) is 1. The fourth-order valence-corrected chi connectivity index (χ4v) is 1.19. The molecule has 0 bridgehead atoms. The second kappa shape index (κ2) is 6.80. The number of para-hydroxylation sites is 1. The van der Waals surface area contributed by atoms with Crippen LogP contribution in [0.1, 0.15) is 0 Å². The monoisotopic (exact) mass is 244 g/mol. The van der Waals surface area contributed by atoms with Crippen molar-refractivity contribution in [2.45, 2.75) is 0 Å². The molecule has 0 aliphatic rings. The number of methoxy groups -OCH3 is 1. The molecule has 0 radical (unpaired) electrons. The van der Waals surface area contributed by atoms with Crippen LogP contribution in [0.15, 0.2) is 18.2 Å². The van der Waals surface area contributed by atoms with E-state index in [2.05, 4.69) is 10.6 Å². The minimum atomic E-state index is -0.727. The van der Waals surface area contributed by atoms with Gasteiger partial charge in [0, 0.05) is 13.7 Å². The lowest BCUT2D eigenvalue weighted by Crippen LogP contribution is -2.32. The zero-order chi connectivity index (χ0) is 12.7. The first-order valence-electron chi connectivity index (χ1n) is 5.08. The van der Waals surface area contributed by atoms with Gasteiger partial charge in [0.1, 0.15) is 17.3 Å². The van der Waals surface area contributed by atoms with E-state index in [1.807, 2.05) is 0 Å².